The quantitative estimate of drug-likeness (QED) is 0.647. The van der Waals surface area contributed by atoms with Crippen LogP contribution in [0.4, 0.5) is 15.8 Å². The number of aromatic nitrogens is 1. The predicted molar refractivity (Wildman–Crippen MR) is 79.6 cm³/mol. The molecule has 0 saturated heterocycles. The Morgan fingerprint density at radius 1 is 1.55 bits per heavy atom. The second kappa shape index (κ2) is 5.84. The maximum absolute atomic E-state index is 13.4. The van der Waals surface area contributed by atoms with Gasteiger partial charge in [-0.15, -0.1) is 11.3 Å². The van der Waals surface area contributed by atoms with Gasteiger partial charge in [0.15, 0.2) is 0 Å². The van der Waals surface area contributed by atoms with Crippen LogP contribution in [0, 0.1) is 22.9 Å². The zero-order valence-corrected chi connectivity index (χ0v) is 13.1. The van der Waals surface area contributed by atoms with E-state index in [2.05, 4.69) is 26.2 Å². The first-order valence-corrected chi connectivity index (χ1v) is 7.31. The van der Waals surface area contributed by atoms with E-state index in [0.717, 1.165) is 16.0 Å². The van der Waals surface area contributed by atoms with E-state index in [9.17, 15) is 14.5 Å². The van der Waals surface area contributed by atoms with Gasteiger partial charge in [0.2, 0.25) is 0 Å². The Balaban J connectivity index is 2.33. The summed E-state index contributed by atoms with van der Waals surface area (Å²) in [5, 5.41) is 14.8. The fourth-order valence-electron chi connectivity index (χ4n) is 1.67. The van der Waals surface area contributed by atoms with Crippen molar-refractivity contribution in [2.45, 2.75) is 19.9 Å². The van der Waals surface area contributed by atoms with Crippen LogP contribution in [0.5, 0.6) is 0 Å². The van der Waals surface area contributed by atoms with Crippen LogP contribution in [-0.4, -0.2) is 9.91 Å². The van der Waals surface area contributed by atoms with Crippen LogP contribution in [0.15, 0.2) is 22.8 Å². The Labute approximate surface area is 127 Å². The average molecular weight is 360 g/mol. The number of nitrogens with one attached hydrogen (secondary N) is 1. The summed E-state index contributed by atoms with van der Waals surface area (Å²) < 4.78 is 13.6. The molecule has 1 heterocycles. The zero-order valence-electron chi connectivity index (χ0n) is 10.7. The lowest BCUT2D eigenvalue weighted by Gasteiger charge is -2.13. The first-order chi connectivity index (χ1) is 9.38. The smallest absolute Gasteiger partial charge is 0.295 e. The molecule has 0 amide bonds. The Bertz CT molecular complexity index is 662. The molecule has 1 unspecified atom stereocenters. The molecule has 106 valence electrons. The number of nitrogens with zero attached hydrogens (tertiary/aromatic N) is 2. The van der Waals surface area contributed by atoms with Crippen molar-refractivity contribution in [1.29, 1.82) is 0 Å². The van der Waals surface area contributed by atoms with Crippen molar-refractivity contribution in [1.82, 2.24) is 4.98 Å². The summed E-state index contributed by atoms with van der Waals surface area (Å²) in [5.74, 6) is -0.667. The van der Waals surface area contributed by atoms with Crippen molar-refractivity contribution in [3.63, 3.8) is 0 Å². The third kappa shape index (κ3) is 3.13. The van der Waals surface area contributed by atoms with Crippen LogP contribution < -0.4 is 5.32 Å². The minimum atomic E-state index is -0.667. The zero-order chi connectivity index (χ0) is 14.9. The molecule has 2 rings (SSSR count). The molecule has 0 saturated carbocycles. The summed E-state index contributed by atoms with van der Waals surface area (Å²) in [4.78, 5) is 15.7. The van der Waals surface area contributed by atoms with Gasteiger partial charge in [0, 0.05) is 11.1 Å². The summed E-state index contributed by atoms with van der Waals surface area (Å²) in [6, 6.07) is 2.06. The number of anilines is 1. The highest BCUT2D eigenvalue weighted by molar-refractivity contribution is 9.10. The largest absolute Gasteiger partial charge is 0.370 e. The van der Waals surface area contributed by atoms with Gasteiger partial charge in [-0.05, 0) is 35.8 Å². The van der Waals surface area contributed by atoms with E-state index in [4.69, 9.17) is 0 Å². The van der Waals surface area contributed by atoms with Gasteiger partial charge in [-0.25, -0.2) is 9.37 Å². The van der Waals surface area contributed by atoms with E-state index in [-0.39, 0.29) is 21.9 Å². The van der Waals surface area contributed by atoms with Gasteiger partial charge in [-0.2, -0.15) is 0 Å². The number of nitro groups is 1. The van der Waals surface area contributed by atoms with Gasteiger partial charge in [0.25, 0.3) is 5.69 Å². The van der Waals surface area contributed by atoms with Crippen LogP contribution in [0.3, 0.4) is 0 Å². The predicted octanol–water partition coefficient (Wildman–Crippen LogP) is 4.43. The lowest BCUT2D eigenvalue weighted by molar-refractivity contribution is -0.384. The summed E-state index contributed by atoms with van der Waals surface area (Å²) in [5.41, 5.74) is -0.0468. The molecule has 0 spiro atoms. The minimum absolute atomic E-state index is 0.174. The van der Waals surface area contributed by atoms with Crippen molar-refractivity contribution >= 4 is 38.6 Å². The fraction of sp³-hybridized carbons (Fsp3) is 0.250. The number of aryl methyl sites for hydroxylation is 1. The van der Waals surface area contributed by atoms with Gasteiger partial charge in [0.1, 0.15) is 16.5 Å². The molecule has 0 radical (unpaired) electrons. The molecule has 1 aromatic heterocycles. The van der Waals surface area contributed by atoms with E-state index < -0.39 is 10.7 Å². The highest BCUT2D eigenvalue weighted by Crippen LogP contribution is 2.33. The topological polar surface area (TPSA) is 68.1 Å². The lowest BCUT2D eigenvalue weighted by Crippen LogP contribution is -2.08. The molecule has 0 bridgehead atoms. The lowest BCUT2D eigenvalue weighted by atomic mass is 10.2. The number of hydrogen-bond donors (Lipinski definition) is 1. The molecule has 0 aliphatic rings. The highest BCUT2D eigenvalue weighted by Gasteiger charge is 2.20. The standard InChI is InChI=1S/C12H11BrFN3O2S/c1-6-5-15-12(20-6)7(2)16-10-3-8(13)9(14)4-11(10)17(18)19/h3-5,7,16H,1-2H3. The van der Waals surface area contributed by atoms with Crippen LogP contribution in [-0.2, 0) is 0 Å². The number of rotatable bonds is 4. The van der Waals surface area contributed by atoms with E-state index in [1.807, 2.05) is 13.8 Å². The monoisotopic (exact) mass is 359 g/mol. The average Bonchev–Trinajstić information content (AvgIpc) is 2.80. The van der Waals surface area contributed by atoms with E-state index in [1.165, 1.54) is 17.4 Å². The molecule has 1 aromatic carbocycles. The van der Waals surface area contributed by atoms with Gasteiger partial charge >= 0.3 is 0 Å². The normalized spacial score (nSPS) is 12.2. The summed E-state index contributed by atoms with van der Waals surface area (Å²) in [6.07, 6.45) is 1.74. The van der Waals surface area contributed by atoms with Gasteiger partial charge in [0.05, 0.1) is 21.5 Å². The summed E-state index contributed by atoms with van der Waals surface area (Å²) in [7, 11) is 0. The Morgan fingerprint density at radius 2 is 2.25 bits per heavy atom. The molecular formula is C12H11BrFN3O2S. The van der Waals surface area contributed by atoms with E-state index >= 15 is 0 Å². The van der Waals surface area contributed by atoms with Gasteiger partial charge < -0.3 is 5.32 Å². The Hall–Kier alpha value is -1.54. The summed E-state index contributed by atoms with van der Waals surface area (Å²) in [6.45, 7) is 3.78. The molecule has 1 N–H and O–H groups in total. The van der Waals surface area contributed by atoms with Crippen molar-refractivity contribution < 1.29 is 9.31 Å². The Kier molecular flexibility index (Phi) is 4.34. The molecule has 1 atom stereocenters. The minimum Gasteiger partial charge on any atom is -0.370 e. The van der Waals surface area contributed by atoms with Crippen molar-refractivity contribution in [3.05, 3.63) is 48.6 Å². The summed E-state index contributed by atoms with van der Waals surface area (Å²) >= 11 is 4.54. The van der Waals surface area contributed by atoms with Crippen LogP contribution in [0.1, 0.15) is 22.9 Å². The fourth-order valence-corrected chi connectivity index (χ4v) is 2.79. The molecule has 20 heavy (non-hydrogen) atoms. The van der Waals surface area contributed by atoms with Gasteiger partial charge in [-0.3, -0.25) is 10.1 Å². The number of nitro benzene ring substituents is 1. The van der Waals surface area contributed by atoms with Crippen LogP contribution in [0.2, 0.25) is 0 Å². The molecule has 2 aromatic rings. The first kappa shape index (κ1) is 14.9. The van der Waals surface area contributed by atoms with Crippen molar-refractivity contribution in [3.8, 4) is 0 Å². The van der Waals surface area contributed by atoms with Crippen LogP contribution in [0.25, 0.3) is 0 Å². The molecule has 0 fully saturated rings. The molecule has 0 aliphatic heterocycles. The maximum atomic E-state index is 13.4. The third-order valence-electron chi connectivity index (χ3n) is 2.62. The van der Waals surface area contributed by atoms with Crippen molar-refractivity contribution in [2.75, 3.05) is 5.32 Å². The van der Waals surface area contributed by atoms with Gasteiger partial charge in [-0.1, -0.05) is 0 Å². The molecule has 8 heteroatoms. The number of benzene rings is 1. The number of halogens is 2. The second-order valence-electron chi connectivity index (χ2n) is 4.22. The SMILES string of the molecule is Cc1cnc(C(C)Nc2cc(Br)c(F)cc2[N+](=O)[O-])s1. The molecule has 5 nitrogen and oxygen atoms in total. The van der Waals surface area contributed by atoms with E-state index in [1.54, 1.807) is 6.20 Å². The van der Waals surface area contributed by atoms with Crippen LogP contribution >= 0.6 is 27.3 Å². The Morgan fingerprint density at radius 3 is 2.80 bits per heavy atom. The molecular weight excluding hydrogens is 349 g/mol. The number of thiazole rings is 1. The van der Waals surface area contributed by atoms with Crippen molar-refractivity contribution in [2.24, 2.45) is 0 Å². The van der Waals surface area contributed by atoms with E-state index in [0.29, 0.717) is 0 Å². The highest BCUT2D eigenvalue weighted by atomic mass is 79.9. The second-order valence-corrected chi connectivity index (χ2v) is 6.34. The number of hydrogen-bond acceptors (Lipinski definition) is 5. The maximum Gasteiger partial charge on any atom is 0.295 e. The molecule has 0 aliphatic carbocycles. The third-order valence-corrected chi connectivity index (χ3v) is 4.32. The first-order valence-electron chi connectivity index (χ1n) is 5.70.